The Kier molecular flexibility index (Phi) is 2.52. The van der Waals surface area contributed by atoms with Crippen LogP contribution in [0.25, 0.3) is 0 Å². The van der Waals surface area contributed by atoms with Crippen molar-refractivity contribution in [3.05, 3.63) is 24.8 Å². The number of carbonyl (C=O) groups is 1. The maximum atomic E-state index is 11.3. The number of carbonyl (C=O) groups excluding carboxylic acids is 1. The van der Waals surface area contributed by atoms with Crippen molar-refractivity contribution in [2.45, 2.75) is 25.7 Å². The van der Waals surface area contributed by atoms with Gasteiger partial charge in [0, 0.05) is 6.08 Å². The van der Waals surface area contributed by atoms with E-state index >= 15 is 0 Å². The molecule has 5 rings (SSSR count). The van der Waals surface area contributed by atoms with Gasteiger partial charge < -0.3 is 4.74 Å². The van der Waals surface area contributed by atoms with Gasteiger partial charge in [0.05, 0.1) is 6.61 Å². The van der Waals surface area contributed by atoms with E-state index < -0.39 is 0 Å². The van der Waals surface area contributed by atoms with Crippen LogP contribution in [0.15, 0.2) is 24.8 Å². The third-order valence-electron chi connectivity index (χ3n) is 7.71. The highest BCUT2D eigenvalue weighted by atomic mass is 16.5. The summed E-state index contributed by atoms with van der Waals surface area (Å²) in [7, 11) is 0. The fourth-order valence-corrected chi connectivity index (χ4v) is 7.38. The summed E-state index contributed by atoms with van der Waals surface area (Å²) in [5.74, 6) is 7.99. The zero-order chi connectivity index (χ0) is 14.1. The first-order valence-electron chi connectivity index (χ1n) is 8.73. The molecule has 21 heavy (non-hydrogen) atoms. The summed E-state index contributed by atoms with van der Waals surface area (Å²) in [4.78, 5) is 11.3. The molecule has 9 atom stereocenters. The van der Waals surface area contributed by atoms with Gasteiger partial charge in [-0.15, -0.1) is 0 Å². The van der Waals surface area contributed by atoms with Crippen LogP contribution >= 0.6 is 0 Å². The first-order chi connectivity index (χ1) is 10.3. The van der Waals surface area contributed by atoms with E-state index in [4.69, 9.17) is 4.74 Å². The second-order valence-corrected chi connectivity index (χ2v) is 8.11. The van der Waals surface area contributed by atoms with Crippen LogP contribution in [0.3, 0.4) is 0 Å². The molecule has 0 N–H and O–H groups in total. The number of hydrogen-bond donors (Lipinski definition) is 0. The molecule has 5 aliphatic rings. The Labute approximate surface area is 126 Å². The number of ether oxygens (including phenoxy) is 1. The summed E-state index contributed by atoms with van der Waals surface area (Å²) in [6, 6.07) is 0. The molecule has 0 saturated heterocycles. The van der Waals surface area contributed by atoms with Crippen molar-refractivity contribution in [2.75, 3.05) is 6.61 Å². The van der Waals surface area contributed by atoms with E-state index in [1.165, 1.54) is 31.8 Å². The van der Waals surface area contributed by atoms with E-state index in [1.807, 2.05) is 0 Å². The van der Waals surface area contributed by atoms with Gasteiger partial charge in [-0.1, -0.05) is 18.7 Å². The monoisotopic (exact) mass is 284 g/mol. The van der Waals surface area contributed by atoms with Crippen LogP contribution in [-0.2, 0) is 9.53 Å². The molecular formula is C19H24O2. The molecule has 0 amide bonds. The number of rotatable bonds is 3. The van der Waals surface area contributed by atoms with E-state index in [2.05, 4.69) is 18.7 Å². The predicted octanol–water partition coefficient (Wildman–Crippen LogP) is 3.45. The molecular weight excluding hydrogens is 260 g/mol. The molecule has 0 heterocycles. The molecule has 0 aliphatic heterocycles. The molecule has 4 fully saturated rings. The Hall–Kier alpha value is -1.05. The van der Waals surface area contributed by atoms with Crippen LogP contribution in [0.1, 0.15) is 25.7 Å². The summed E-state index contributed by atoms with van der Waals surface area (Å²) in [6.07, 6.45) is 11.8. The van der Waals surface area contributed by atoms with Gasteiger partial charge in [-0.05, 0) is 78.9 Å². The second kappa shape index (κ2) is 4.24. The Bertz CT molecular complexity index is 522. The number of hydrogen-bond acceptors (Lipinski definition) is 2. The number of allylic oxidation sites excluding steroid dienone is 2. The standard InChI is InChI=1S/C19H24O2/c1-2-17(20)21-9-11-6-10-7-14(11)19-16-8-15(18(10)19)12-4-3-5-13(12)16/h2-4,10-16,18-19H,1,5-9H2. The smallest absolute Gasteiger partial charge is 0.330 e. The Morgan fingerprint density at radius 3 is 2.90 bits per heavy atom. The lowest BCUT2D eigenvalue weighted by molar-refractivity contribution is -0.140. The van der Waals surface area contributed by atoms with Gasteiger partial charge in [-0.2, -0.15) is 0 Å². The lowest BCUT2D eigenvalue weighted by Gasteiger charge is -2.43. The molecule has 4 saturated carbocycles. The van der Waals surface area contributed by atoms with Gasteiger partial charge in [0.2, 0.25) is 0 Å². The summed E-state index contributed by atoms with van der Waals surface area (Å²) >= 11 is 0. The minimum Gasteiger partial charge on any atom is -0.462 e. The molecule has 2 heteroatoms. The topological polar surface area (TPSA) is 26.3 Å². The maximum Gasteiger partial charge on any atom is 0.330 e. The van der Waals surface area contributed by atoms with Crippen molar-refractivity contribution in [2.24, 2.45) is 53.3 Å². The van der Waals surface area contributed by atoms with E-state index in [1.54, 1.807) is 0 Å². The minimum absolute atomic E-state index is 0.248. The highest BCUT2D eigenvalue weighted by Gasteiger charge is 2.67. The lowest BCUT2D eigenvalue weighted by Crippen LogP contribution is -2.39. The Morgan fingerprint density at radius 2 is 2.05 bits per heavy atom. The van der Waals surface area contributed by atoms with E-state index in [9.17, 15) is 4.79 Å². The molecule has 2 nitrogen and oxygen atoms in total. The van der Waals surface area contributed by atoms with Gasteiger partial charge in [-0.3, -0.25) is 0 Å². The van der Waals surface area contributed by atoms with Crippen molar-refractivity contribution in [1.29, 1.82) is 0 Å². The van der Waals surface area contributed by atoms with Gasteiger partial charge in [0.15, 0.2) is 0 Å². The highest BCUT2D eigenvalue weighted by Crippen LogP contribution is 2.72. The molecule has 0 aromatic carbocycles. The van der Waals surface area contributed by atoms with Crippen LogP contribution in [0.5, 0.6) is 0 Å². The zero-order valence-electron chi connectivity index (χ0n) is 12.5. The number of fused-ring (bicyclic) bond motifs is 12. The molecule has 5 aliphatic carbocycles. The molecule has 0 radical (unpaired) electrons. The molecule has 9 unspecified atom stereocenters. The highest BCUT2D eigenvalue weighted by molar-refractivity contribution is 5.81. The first kappa shape index (κ1) is 12.5. The van der Waals surface area contributed by atoms with Crippen molar-refractivity contribution < 1.29 is 9.53 Å². The minimum atomic E-state index is -0.248. The third-order valence-corrected chi connectivity index (χ3v) is 7.71. The SMILES string of the molecule is C=CC(=O)OCC1CC2CC1C1C3CC(C4C=CCC43)C21. The largest absolute Gasteiger partial charge is 0.462 e. The maximum absolute atomic E-state index is 11.3. The summed E-state index contributed by atoms with van der Waals surface area (Å²) in [5.41, 5.74) is 0. The fourth-order valence-electron chi connectivity index (χ4n) is 7.38. The van der Waals surface area contributed by atoms with Gasteiger partial charge in [-0.25, -0.2) is 4.79 Å². The average molecular weight is 284 g/mol. The van der Waals surface area contributed by atoms with Crippen LogP contribution in [-0.4, -0.2) is 12.6 Å². The third kappa shape index (κ3) is 1.51. The Morgan fingerprint density at radius 1 is 1.14 bits per heavy atom. The van der Waals surface area contributed by atoms with Crippen LogP contribution in [0.4, 0.5) is 0 Å². The van der Waals surface area contributed by atoms with Crippen LogP contribution in [0.2, 0.25) is 0 Å². The normalized spacial score (nSPS) is 54.8. The second-order valence-electron chi connectivity index (χ2n) is 8.11. The molecule has 112 valence electrons. The van der Waals surface area contributed by atoms with Gasteiger partial charge >= 0.3 is 5.97 Å². The quantitative estimate of drug-likeness (QED) is 0.343. The average Bonchev–Trinajstić information content (AvgIpc) is 3.25. The van der Waals surface area contributed by atoms with Crippen molar-refractivity contribution in [3.63, 3.8) is 0 Å². The van der Waals surface area contributed by atoms with E-state index in [-0.39, 0.29) is 5.97 Å². The van der Waals surface area contributed by atoms with E-state index in [0.29, 0.717) is 12.5 Å². The van der Waals surface area contributed by atoms with Crippen molar-refractivity contribution >= 4 is 5.97 Å². The first-order valence-corrected chi connectivity index (χ1v) is 8.73. The fraction of sp³-hybridized carbons (Fsp3) is 0.737. The lowest BCUT2D eigenvalue weighted by atomic mass is 9.62. The molecule has 0 aromatic heterocycles. The van der Waals surface area contributed by atoms with Gasteiger partial charge in [0.1, 0.15) is 0 Å². The van der Waals surface area contributed by atoms with Crippen molar-refractivity contribution in [3.8, 4) is 0 Å². The van der Waals surface area contributed by atoms with E-state index in [0.717, 1.165) is 47.3 Å². The molecule has 0 aromatic rings. The summed E-state index contributed by atoms with van der Waals surface area (Å²) in [6.45, 7) is 4.13. The molecule has 0 spiro atoms. The zero-order valence-corrected chi connectivity index (χ0v) is 12.5. The predicted molar refractivity (Wildman–Crippen MR) is 80.2 cm³/mol. The van der Waals surface area contributed by atoms with Crippen LogP contribution in [0, 0.1) is 53.3 Å². The van der Waals surface area contributed by atoms with Gasteiger partial charge in [0.25, 0.3) is 0 Å². The Balaban J connectivity index is 1.35. The van der Waals surface area contributed by atoms with Crippen LogP contribution < -0.4 is 0 Å². The summed E-state index contributed by atoms with van der Waals surface area (Å²) in [5, 5.41) is 0. The summed E-state index contributed by atoms with van der Waals surface area (Å²) < 4.78 is 5.37. The molecule has 4 bridgehead atoms. The number of esters is 1. The van der Waals surface area contributed by atoms with Crippen molar-refractivity contribution in [1.82, 2.24) is 0 Å².